The minimum atomic E-state index is -0.679. The van der Waals surface area contributed by atoms with E-state index in [1.54, 1.807) is 13.0 Å². The molecule has 21 heavy (non-hydrogen) atoms. The number of amides is 1. The number of nitrogens with one attached hydrogen (secondary N) is 1. The molecule has 4 nitrogen and oxygen atoms in total. The highest BCUT2D eigenvalue weighted by Crippen LogP contribution is 2.19. The standard InChI is InChI=1S/C16H25FN2O2/c1-5-14(18)7-12-6-13(17)9-15(8-12)21-11(4)16(20)19-10(2)3/h6,8-11,14H,5,7,18H2,1-4H3,(H,19,20). The Bertz CT molecular complexity index is 477. The lowest BCUT2D eigenvalue weighted by Crippen LogP contribution is -2.40. The summed E-state index contributed by atoms with van der Waals surface area (Å²) < 4.78 is 19.1. The van der Waals surface area contributed by atoms with Crippen LogP contribution in [0.15, 0.2) is 18.2 Å². The second kappa shape index (κ2) is 7.98. The molecule has 1 amide bonds. The summed E-state index contributed by atoms with van der Waals surface area (Å²) in [7, 11) is 0. The predicted molar refractivity (Wildman–Crippen MR) is 81.7 cm³/mol. The van der Waals surface area contributed by atoms with Crippen LogP contribution in [0, 0.1) is 5.82 Å². The SMILES string of the molecule is CCC(N)Cc1cc(F)cc(OC(C)C(=O)NC(C)C)c1. The molecule has 5 heteroatoms. The fraction of sp³-hybridized carbons (Fsp3) is 0.562. The zero-order valence-corrected chi connectivity index (χ0v) is 13.2. The largest absolute Gasteiger partial charge is 0.481 e. The van der Waals surface area contributed by atoms with Crippen LogP contribution >= 0.6 is 0 Å². The normalized spacial score (nSPS) is 13.9. The number of hydrogen-bond donors (Lipinski definition) is 2. The molecule has 2 unspecified atom stereocenters. The van der Waals surface area contributed by atoms with Crippen LogP contribution in [0.3, 0.4) is 0 Å². The summed E-state index contributed by atoms with van der Waals surface area (Å²) in [5, 5.41) is 2.76. The molecular formula is C16H25FN2O2. The number of carbonyl (C=O) groups excluding carboxylic acids is 1. The quantitative estimate of drug-likeness (QED) is 0.812. The highest BCUT2D eigenvalue weighted by atomic mass is 19.1. The molecule has 0 bridgehead atoms. The smallest absolute Gasteiger partial charge is 0.260 e. The summed E-state index contributed by atoms with van der Waals surface area (Å²) in [6, 6.07) is 4.48. The maximum Gasteiger partial charge on any atom is 0.260 e. The summed E-state index contributed by atoms with van der Waals surface area (Å²) in [6.07, 6.45) is 0.721. The number of benzene rings is 1. The molecule has 1 aromatic carbocycles. The van der Waals surface area contributed by atoms with E-state index in [1.165, 1.54) is 12.1 Å². The molecule has 0 heterocycles. The Labute approximate surface area is 125 Å². The second-order valence-electron chi connectivity index (χ2n) is 5.59. The minimum absolute atomic E-state index is 0.0127. The number of ether oxygens (including phenoxy) is 1. The highest BCUT2D eigenvalue weighted by molar-refractivity contribution is 5.80. The van der Waals surface area contributed by atoms with E-state index in [0.29, 0.717) is 12.2 Å². The average Bonchev–Trinajstić information content (AvgIpc) is 2.36. The Hall–Kier alpha value is -1.62. The van der Waals surface area contributed by atoms with Crippen LogP contribution in [0.1, 0.15) is 39.7 Å². The third-order valence-electron chi connectivity index (χ3n) is 3.07. The van der Waals surface area contributed by atoms with E-state index in [9.17, 15) is 9.18 Å². The Morgan fingerprint density at radius 2 is 2.00 bits per heavy atom. The fourth-order valence-electron chi connectivity index (χ4n) is 1.91. The molecule has 3 N–H and O–H groups in total. The lowest BCUT2D eigenvalue weighted by Gasteiger charge is -2.17. The van der Waals surface area contributed by atoms with Crippen molar-refractivity contribution in [1.82, 2.24) is 5.32 Å². The van der Waals surface area contributed by atoms with Gasteiger partial charge in [-0.05, 0) is 51.3 Å². The maximum absolute atomic E-state index is 13.6. The molecule has 1 aromatic rings. The molecule has 0 radical (unpaired) electrons. The van der Waals surface area contributed by atoms with E-state index in [-0.39, 0.29) is 23.8 Å². The average molecular weight is 296 g/mol. The molecule has 0 spiro atoms. The van der Waals surface area contributed by atoms with E-state index >= 15 is 0 Å². The summed E-state index contributed by atoms with van der Waals surface area (Å²) in [5.74, 6) is -0.261. The monoisotopic (exact) mass is 296 g/mol. The van der Waals surface area contributed by atoms with Crippen LogP contribution in [0.5, 0.6) is 5.75 Å². The zero-order valence-electron chi connectivity index (χ0n) is 13.2. The highest BCUT2D eigenvalue weighted by Gasteiger charge is 2.16. The predicted octanol–water partition coefficient (Wildman–Crippen LogP) is 2.40. The molecule has 0 saturated carbocycles. The van der Waals surface area contributed by atoms with Gasteiger partial charge in [-0.15, -0.1) is 0 Å². The summed E-state index contributed by atoms with van der Waals surface area (Å²) in [4.78, 5) is 11.8. The van der Waals surface area contributed by atoms with Crippen LogP contribution in [0.25, 0.3) is 0 Å². The fourth-order valence-corrected chi connectivity index (χ4v) is 1.91. The number of carbonyl (C=O) groups is 1. The van der Waals surface area contributed by atoms with Gasteiger partial charge in [-0.2, -0.15) is 0 Å². The molecule has 1 rings (SSSR count). The third kappa shape index (κ3) is 6.12. The van der Waals surface area contributed by atoms with Crippen molar-refractivity contribution in [3.63, 3.8) is 0 Å². The van der Waals surface area contributed by atoms with Crippen molar-refractivity contribution in [2.24, 2.45) is 5.73 Å². The number of rotatable bonds is 7. The van der Waals surface area contributed by atoms with Gasteiger partial charge < -0.3 is 15.8 Å². The lowest BCUT2D eigenvalue weighted by molar-refractivity contribution is -0.127. The van der Waals surface area contributed by atoms with Gasteiger partial charge in [-0.1, -0.05) is 6.92 Å². The van der Waals surface area contributed by atoms with E-state index in [1.807, 2.05) is 20.8 Å². The van der Waals surface area contributed by atoms with Crippen molar-refractivity contribution in [2.45, 2.75) is 58.7 Å². The molecule has 118 valence electrons. The third-order valence-corrected chi connectivity index (χ3v) is 3.07. The lowest BCUT2D eigenvalue weighted by atomic mass is 10.0. The van der Waals surface area contributed by atoms with Gasteiger partial charge >= 0.3 is 0 Å². The summed E-state index contributed by atoms with van der Waals surface area (Å²) in [6.45, 7) is 7.37. The molecule has 0 fully saturated rings. The Balaban J connectivity index is 2.76. The van der Waals surface area contributed by atoms with E-state index in [2.05, 4.69) is 5.32 Å². The molecule has 0 aliphatic rings. The Morgan fingerprint density at radius 3 is 2.57 bits per heavy atom. The second-order valence-corrected chi connectivity index (χ2v) is 5.59. The summed E-state index contributed by atoms with van der Waals surface area (Å²) >= 11 is 0. The van der Waals surface area contributed by atoms with Crippen molar-refractivity contribution >= 4 is 5.91 Å². The van der Waals surface area contributed by atoms with E-state index in [0.717, 1.165) is 12.0 Å². The Kier molecular flexibility index (Phi) is 6.62. The molecule has 0 aromatic heterocycles. The van der Waals surface area contributed by atoms with Crippen LogP contribution in [0.2, 0.25) is 0 Å². The van der Waals surface area contributed by atoms with Crippen molar-refractivity contribution in [3.05, 3.63) is 29.6 Å². The number of nitrogens with two attached hydrogens (primary N) is 1. The van der Waals surface area contributed by atoms with Crippen molar-refractivity contribution in [3.8, 4) is 5.75 Å². The number of halogens is 1. The van der Waals surface area contributed by atoms with E-state index in [4.69, 9.17) is 10.5 Å². The minimum Gasteiger partial charge on any atom is -0.481 e. The summed E-state index contributed by atoms with van der Waals surface area (Å²) in [5.41, 5.74) is 6.66. The molecule has 0 aliphatic carbocycles. The first-order valence-corrected chi connectivity index (χ1v) is 7.33. The van der Waals surface area contributed by atoms with Crippen LogP contribution < -0.4 is 15.8 Å². The first-order valence-electron chi connectivity index (χ1n) is 7.33. The molecule has 0 aliphatic heterocycles. The van der Waals surface area contributed by atoms with Crippen LogP contribution in [-0.2, 0) is 11.2 Å². The maximum atomic E-state index is 13.6. The number of hydrogen-bond acceptors (Lipinski definition) is 3. The first kappa shape index (κ1) is 17.4. The van der Waals surface area contributed by atoms with Gasteiger partial charge in [0.25, 0.3) is 5.91 Å². The van der Waals surface area contributed by atoms with Crippen molar-refractivity contribution < 1.29 is 13.9 Å². The topological polar surface area (TPSA) is 64.3 Å². The first-order chi connectivity index (χ1) is 9.81. The van der Waals surface area contributed by atoms with Gasteiger partial charge in [0.2, 0.25) is 0 Å². The van der Waals surface area contributed by atoms with Crippen LogP contribution in [-0.4, -0.2) is 24.1 Å². The van der Waals surface area contributed by atoms with Gasteiger partial charge in [0, 0.05) is 18.2 Å². The molecular weight excluding hydrogens is 271 g/mol. The van der Waals surface area contributed by atoms with Crippen molar-refractivity contribution in [1.29, 1.82) is 0 Å². The molecule has 0 saturated heterocycles. The van der Waals surface area contributed by atoms with E-state index < -0.39 is 6.10 Å². The zero-order chi connectivity index (χ0) is 16.0. The molecule has 2 atom stereocenters. The Morgan fingerprint density at radius 1 is 1.33 bits per heavy atom. The van der Waals surface area contributed by atoms with Crippen molar-refractivity contribution in [2.75, 3.05) is 0 Å². The van der Waals surface area contributed by atoms with Gasteiger partial charge in [0.05, 0.1) is 0 Å². The van der Waals surface area contributed by atoms with Crippen LogP contribution in [0.4, 0.5) is 4.39 Å². The van der Waals surface area contributed by atoms with Gasteiger partial charge in [0.1, 0.15) is 11.6 Å². The van der Waals surface area contributed by atoms with Gasteiger partial charge in [-0.25, -0.2) is 4.39 Å². The van der Waals surface area contributed by atoms with Gasteiger partial charge in [0.15, 0.2) is 6.10 Å². The van der Waals surface area contributed by atoms with Gasteiger partial charge in [-0.3, -0.25) is 4.79 Å².